The molecule has 4 rings (SSSR count). The number of rotatable bonds is 16. The molecule has 0 bridgehead atoms. The van der Waals surface area contributed by atoms with Crippen molar-refractivity contribution in [2.45, 2.75) is 117 Å². The van der Waals surface area contributed by atoms with E-state index in [4.69, 9.17) is 27.9 Å². The van der Waals surface area contributed by atoms with Crippen molar-refractivity contribution in [3.05, 3.63) is 81.9 Å². The lowest BCUT2D eigenvalue weighted by molar-refractivity contribution is 0.193. The standard InChI is InChI=1S/C40H56Cl2O/c1-3-5-7-9-31-11-15-33(16-12-31)39(35-19-23-37(41)24-20-35)27-29-43-30-28-40(36-21-25-38(42)26-22-36)34-17-13-32(14-18-34)10-8-6-4-2/h19-28,31-34H,3-18,29-30H2,1-2H3. The van der Waals surface area contributed by atoms with Crippen molar-refractivity contribution in [1.82, 2.24) is 0 Å². The fraction of sp³-hybridized carbons (Fsp3) is 0.600. The second kappa shape index (κ2) is 19.1. The van der Waals surface area contributed by atoms with Gasteiger partial charge in [-0.25, -0.2) is 0 Å². The van der Waals surface area contributed by atoms with Gasteiger partial charge in [-0.15, -0.1) is 0 Å². The molecule has 0 aliphatic heterocycles. The molecule has 2 saturated carbocycles. The normalized spacial score (nSPS) is 23.4. The molecule has 1 nitrogen and oxygen atoms in total. The van der Waals surface area contributed by atoms with E-state index in [0.29, 0.717) is 25.0 Å². The smallest absolute Gasteiger partial charge is 0.0657 e. The zero-order valence-corrected chi connectivity index (χ0v) is 28.5. The Morgan fingerprint density at radius 3 is 1.30 bits per heavy atom. The number of halogens is 2. The van der Waals surface area contributed by atoms with Gasteiger partial charge >= 0.3 is 0 Å². The summed E-state index contributed by atoms with van der Waals surface area (Å²) in [6.45, 7) is 5.89. The topological polar surface area (TPSA) is 9.23 Å². The molecule has 0 N–H and O–H groups in total. The highest BCUT2D eigenvalue weighted by Crippen LogP contribution is 2.41. The SMILES string of the molecule is CCCCCC1CCC(C(=CCOCC=C(c2ccc(Cl)cc2)C2CCC(CCCCC)CC2)c2ccc(Cl)cc2)CC1. The molecule has 0 amide bonds. The zero-order chi connectivity index (χ0) is 30.3. The van der Waals surface area contributed by atoms with Gasteiger partial charge in [0.1, 0.15) is 0 Å². The summed E-state index contributed by atoms with van der Waals surface area (Å²) < 4.78 is 6.33. The maximum absolute atomic E-state index is 6.33. The van der Waals surface area contributed by atoms with Crippen LogP contribution in [0.25, 0.3) is 11.1 Å². The molecule has 2 aliphatic carbocycles. The molecule has 0 heterocycles. The monoisotopic (exact) mass is 622 g/mol. The Bertz CT molecular complexity index is 1010. The van der Waals surface area contributed by atoms with Crippen LogP contribution in [0.2, 0.25) is 10.0 Å². The van der Waals surface area contributed by atoms with Crippen LogP contribution in [-0.4, -0.2) is 13.2 Å². The molecule has 0 aromatic heterocycles. The highest BCUT2D eigenvalue weighted by molar-refractivity contribution is 6.30. The van der Waals surface area contributed by atoms with E-state index in [2.05, 4.69) is 50.3 Å². The number of unbranched alkanes of at least 4 members (excludes halogenated alkanes) is 4. The Kier molecular flexibility index (Phi) is 15.2. The molecule has 0 unspecified atom stereocenters. The molecule has 2 aliphatic rings. The summed E-state index contributed by atoms with van der Waals surface area (Å²) in [6, 6.07) is 16.9. The third-order valence-electron chi connectivity index (χ3n) is 10.2. The first kappa shape index (κ1) is 34.3. The summed E-state index contributed by atoms with van der Waals surface area (Å²) in [4.78, 5) is 0. The highest BCUT2D eigenvalue weighted by atomic mass is 35.5. The van der Waals surface area contributed by atoms with Crippen molar-refractivity contribution in [3.8, 4) is 0 Å². The van der Waals surface area contributed by atoms with Crippen LogP contribution in [0, 0.1) is 23.7 Å². The fourth-order valence-corrected chi connectivity index (χ4v) is 7.83. The number of hydrogen-bond acceptors (Lipinski definition) is 1. The van der Waals surface area contributed by atoms with E-state index >= 15 is 0 Å². The van der Waals surface area contributed by atoms with E-state index in [9.17, 15) is 0 Å². The van der Waals surface area contributed by atoms with E-state index in [1.165, 1.54) is 125 Å². The molecule has 0 atom stereocenters. The molecule has 0 radical (unpaired) electrons. The van der Waals surface area contributed by atoms with Crippen LogP contribution in [0.1, 0.15) is 128 Å². The predicted molar refractivity (Wildman–Crippen MR) is 189 cm³/mol. The maximum atomic E-state index is 6.33. The Hall–Kier alpha value is -1.54. The van der Waals surface area contributed by atoms with Gasteiger partial charge in [-0.3, -0.25) is 0 Å². The van der Waals surface area contributed by atoms with Gasteiger partial charge in [0.05, 0.1) is 13.2 Å². The van der Waals surface area contributed by atoms with E-state index in [1.54, 1.807) is 0 Å². The van der Waals surface area contributed by atoms with Crippen LogP contribution in [0.3, 0.4) is 0 Å². The molecule has 2 fully saturated rings. The summed E-state index contributed by atoms with van der Waals surface area (Å²) in [6.07, 6.45) is 26.3. The lowest BCUT2D eigenvalue weighted by Crippen LogP contribution is -2.17. The van der Waals surface area contributed by atoms with Gasteiger partial charge in [-0.05, 0) is 122 Å². The summed E-state index contributed by atoms with van der Waals surface area (Å²) in [7, 11) is 0. The lowest BCUT2D eigenvalue weighted by atomic mass is 9.75. The third-order valence-corrected chi connectivity index (χ3v) is 10.7. The first-order chi connectivity index (χ1) is 21.1. The first-order valence-electron chi connectivity index (χ1n) is 17.6. The molecule has 236 valence electrons. The second-order valence-corrected chi connectivity index (χ2v) is 14.2. The van der Waals surface area contributed by atoms with E-state index in [0.717, 1.165) is 21.9 Å². The predicted octanol–water partition coefficient (Wildman–Crippen LogP) is 13.3. The first-order valence-corrected chi connectivity index (χ1v) is 18.3. The average molecular weight is 624 g/mol. The zero-order valence-electron chi connectivity index (χ0n) is 27.0. The summed E-state index contributed by atoms with van der Waals surface area (Å²) in [5.74, 6) is 3.04. The maximum Gasteiger partial charge on any atom is 0.0657 e. The van der Waals surface area contributed by atoms with Crippen molar-refractivity contribution >= 4 is 34.3 Å². The van der Waals surface area contributed by atoms with Crippen molar-refractivity contribution < 1.29 is 4.74 Å². The van der Waals surface area contributed by atoms with E-state index < -0.39 is 0 Å². The molecular formula is C40H56Cl2O. The van der Waals surface area contributed by atoms with Crippen molar-refractivity contribution in [2.24, 2.45) is 23.7 Å². The van der Waals surface area contributed by atoms with Gasteiger partial charge < -0.3 is 4.74 Å². The Morgan fingerprint density at radius 1 is 0.581 bits per heavy atom. The third kappa shape index (κ3) is 11.4. The number of ether oxygens (including phenoxy) is 1. The van der Waals surface area contributed by atoms with Crippen LogP contribution < -0.4 is 0 Å². The minimum Gasteiger partial charge on any atom is -0.373 e. The van der Waals surface area contributed by atoms with Gasteiger partial charge in [0, 0.05) is 10.0 Å². The van der Waals surface area contributed by atoms with Crippen molar-refractivity contribution in [1.29, 1.82) is 0 Å². The van der Waals surface area contributed by atoms with Crippen LogP contribution in [0.5, 0.6) is 0 Å². The molecule has 43 heavy (non-hydrogen) atoms. The lowest BCUT2D eigenvalue weighted by Gasteiger charge is -2.31. The van der Waals surface area contributed by atoms with Crippen LogP contribution >= 0.6 is 23.2 Å². The Morgan fingerprint density at radius 2 is 0.953 bits per heavy atom. The second-order valence-electron chi connectivity index (χ2n) is 13.3. The van der Waals surface area contributed by atoms with Gasteiger partial charge in [-0.1, -0.05) is 125 Å². The van der Waals surface area contributed by atoms with Gasteiger partial charge in [-0.2, -0.15) is 0 Å². The van der Waals surface area contributed by atoms with Gasteiger partial charge in [0.2, 0.25) is 0 Å². The van der Waals surface area contributed by atoms with Crippen LogP contribution in [0.15, 0.2) is 60.7 Å². The largest absolute Gasteiger partial charge is 0.373 e. The number of benzene rings is 2. The molecule has 2 aromatic rings. The van der Waals surface area contributed by atoms with Gasteiger partial charge in [0.15, 0.2) is 0 Å². The van der Waals surface area contributed by atoms with Crippen LogP contribution in [0.4, 0.5) is 0 Å². The minimum atomic E-state index is 0.611. The Labute approximate surface area is 273 Å². The van der Waals surface area contributed by atoms with E-state index in [-0.39, 0.29) is 0 Å². The minimum absolute atomic E-state index is 0.611. The highest BCUT2D eigenvalue weighted by Gasteiger charge is 2.25. The quantitative estimate of drug-likeness (QED) is 0.169. The van der Waals surface area contributed by atoms with Crippen molar-refractivity contribution in [3.63, 3.8) is 0 Å². The average Bonchev–Trinajstić information content (AvgIpc) is 3.03. The molecule has 3 heteroatoms. The molecule has 0 saturated heterocycles. The number of allylic oxidation sites excluding steroid dienone is 2. The molecule has 0 spiro atoms. The summed E-state index contributed by atoms with van der Waals surface area (Å²) >= 11 is 12.5. The summed E-state index contributed by atoms with van der Waals surface area (Å²) in [5, 5.41) is 1.60. The van der Waals surface area contributed by atoms with Crippen LogP contribution in [-0.2, 0) is 4.74 Å². The molecule has 2 aromatic carbocycles. The Balaban J connectivity index is 1.38. The summed E-state index contributed by atoms with van der Waals surface area (Å²) in [5.41, 5.74) is 5.50. The molecular weight excluding hydrogens is 567 g/mol. The fourth-order valence-electron chi connectivity index (χ4n) is 7.58. The van der Waals surface area contributed by atoms with E-state index in [1.807, 2.05) is 24.3 Å². The number of hydrogen-bond donors (Lipinski definition) is 0. The van der Waals surface area contributed by atoms with Crippen molar-refractivity contribution in [2.75, 3.05) is 13.2 Å². The van der Waals surface area contributed by atoms with Gasteiger partial charge in [0.25, 0.3) is 0 Å².